The van der Waals surface area contributed by atoms with Crippen LogP contribution in [0.2, 0.25) is 5.02 Å². The second-order valence-corrected chi connectivity index (χ2v) is 8.22. The maximum absolute atomic E-state index is 12.5. The molecule has 0 saturated carbocycles. The van der Waals surface area contributed by atoms with Gasteiger partial charge in [-0.05, 0) is 48.5 Å². The zero-order valence-corrected chi connectivity index (χ0v) is 17.5. The number of halogens is 1. The van der Waals surface area contributed by atoms with Gasteiger partial charge in [0.15, 0.2) is 6.61 Å². The maximum Gasteiger partial charge on any atom is 0.262 e. The molecule has 0 aliphatic carbocycles. The van der Waals surface area contributed by atoms with Crippen molar-refractivity contribution in [1.82, 2.24) is 0 Å². The van der Waals surface area contributed by atoms with Gasteiger partial charge in [-0.3, -0.25) is 9.52 Å². The Kier molecular flexibility index (Phi) is 6.81. The first kappa shape index (κ1) is 21.5. The molecule has 0 spiro atoms. The van der Waals surface area contributed by atoms with Crippen LogP contribution in [0.25, 0.3) is 0 Å². The average Bonchev–Trinajstić information content (AvgIpc) is 2.74. The normalized spacial score (nSPS) is 10.9. The Morgan fingerprint density at radius 2 is 1.70 bits per heavy atom. The molecule has 0 fully saturated rings. The van der Waals surface area contributed by atoms with E-state index >= 15 is 0 Å². The van der Waals surface area contributed by atoms with Crippen molar-refractivity contribution in [3.63, 3.8) is 0 Å². The van der Waals surface area contributed by atoms with E-state index in [-0.39, 0.29) is 17.4 Å². The molecule has 9 heteroatoms. The van der Waals surface area contributed by atoms with Crippen LogP contribution >= 0.6 is 11.6 Å². The molecule has 0 aromatic heterocycles. The van der Waals surface area contributed by atoms with Gasteiger partial charge in [0, 0.05) is 6.07 Å². The van der Waals surface area contributed by atoms with Crippen molar-refractivity contribution in [2.75, 3.05) is 23.8 Å². The van der Waals surface area contributed by atoms with Crippen molar-refractivity contribution in [3.05, 3.63) is 77.8 Å². The molecule has 3 rings (SSSR count). The summed E-state index contributed by atoms with van der Waals surface area (Å²) in [5.41, 5.74) is 0.865. The zero-order valence-electron chi connectivity index (χ0n) is 16.0. The number of sulfonamides is 1. The predicted molar refractivity (Wildman–Crippen MR) is 116 cm³/mol. The Bertz CT molecular complexity index is 1130. The van der Waals surface area contributed by atoms with E-state index in [9.17, 15) is 13.2 Å². The predicted octanol–water partition coefficient (Wildman–Crippen LogP) is 4.17. The summed E-state index contributed by atoms with van der Waals surface area (Å²) in [6, 6.07) is 19.2. The van der Waals surface area contributed by atoms with E-state index in [4.69, 9.17) is 21.1 Å². The van der Waals surface area contributed by atoms with Crippen molar-refractivity contribution in [2.45, 2.75) is 4.90 Å². The van der Waals surface area contributed by atoms with Gasteiger partial charge in [-0.2, -0.15) is 0 Å². The number of rotatable bonds is 8. The molecule has 0 radical (unpaired) electrons. The van der Waals surface area contributed by atoms with Gasteiger partial charge in [0.25, 0.3) is 15.9 Å². The first-order chi connectivity index (χ1) is 14.4. The van der Waals surface area contributed by atoms with Crippen LogP contribution in [0.15, 0.2) is 77.7 Å². The Balaban J connectivity index is 1.60. The van der Waals surface area contributed by atoms with Crippen molar-refractivity contribution < 1.29 is 22.7 Å². The largest absolute Gasteiger partial charge is 0.497 e. The fraction of sp³-hybridized carbons (Fsp3) is 0.0952. The fourth-order valence-corrected chi connectivity index (χ4v) is 3.75. The molecule has 1 amide bonds. The lowest BCUT2D eigenvalue weighted by atomic mass is 10.3. The lowest BCUT2D eigenvalue weighted by Crippen LogP contribution is -2.20. The summed E-state index contributed by atoms with van der Waals surface area (Å²) in [6.45, 7) is -0.251. The summed E-state index contributed by atoms with van der Waals surface area (Å²) >= 11 is 6.00. The highest BCUT2D eigenvalue weighted by Crippen LogP contribution is 2.23. The summed E-state index contributed by atoms with van der Waals surface area (Å²) in [5.74, 6) is 0.498. The van der Waals surface area contributed by atoms with Gasteiger partial charge >= 0.3 is 0 Å². The molecule has 0 aliphatic rings. The number of methoxy groups -OCH3 is 1. The Morgan fingerprint density at radius 1 is 0.967 bits per heavy atom. The van der Waals surface area contributed by atoms with Gasteiger partial charge in [-0.1, -0.05) is 29.8 Å². The van der Waals surface area contributed by atoms with Gasteiger partial charge in [-0.25, -0.2) is 8.42 Å². The van der Waals surface area contributed by atoms with E-state index in [1.54, 1.807) is 48.5 Å². The van der Waals surface area contributed by atoms with E-state index in [0.29, 0.717) is 27.9 Å². The minimum atomic E-state index is -3.79. The quantitative estimate of drug-likeness (QED) is 0.541. The van der Waals surface area contributed by atoms with Crippen LogP contribution in [0.4, 0.5) is 11.4 Å². The van der Waals surface area contributed by atoms with Crippen molar-refractivity contribution in [2.24, 2.45) is 0 Å². The molecule has 0 heterocycles. The molecule has 7 nitrogen and oxygen atoms in total. The average molecular weight is 447 g/mol. The number of benzene rings is 3. The molecule has 0 unspecified atom stereocenters. The first-order valence-corrected chi connectivity index (χ1v) is 10.7. The van der Waals surface area contributed by atoms with Gasteiger partial charge in [0.2, 0.25) is 0 Å². The third kappa shape index (κ3) is 5.65. The number of para-hydroxylation sites is 1. The molecule has 30 heavy (non-hydrogen) atoms. The third-order valence-electron chi connectivity index (χ3n) is 3.97. The second-order valence-electron chi connectivity index (χ2n) is 6.13. The molecule has 0 aliphatic heterocycles. The first-order valence-electron chi connectivity index (χ1n) is 8.81. The molecule has 3 aromatic carbocycles. The number of carbonyl (C=O) groups excluding carboxylic acids is 1. The van der Waals surface area contributed by atoms with Crippen molar-refractivity contribution in [1.29, 1.82) is 0 Å². The van der Waals surface area contributed by atoms with Crippen LogP contribution < -0.4 is 19.5 Å². The molecular formula is C21H19ClN2O5S. The van der Waals surface area contributed by atoms with Crippen LogP contribution in [-0.2, 0) is 14.8 Å². The standard InChI is InChI=1S/C21H19ClN2O5S/c1-28-17-6-4-5-15(13-17)24-30(26,27)18-11-9-16(10-12-18)29-14-21(25)23-20-8-3-2-7-19(20)22/h2-13,24H,14H2,1H3,(H,23,25). The SMILES string of the molecule is COc1cccc(NS(=O)(=O)c2ccc(OCC(=O)Nc3ccccc3Cl)cc2)c1. The monoisotopic (exact) mass is 446 g/mol. The summed E-state index contributed by atoms with van der Waals surface area (Å²) in [7, 11) is -2.29. The Morgan fingerprint density at radius 3 is 2.40 bits per heavy atom. The lowest BCUT2D eigenvalue weighted by Gasteiger charge is -2.11. The number of hydrogen-bond acceptors (Lipinski definition) is 5. The van der Waals surface area contributed by atoms with E-state index in [2.05, 4.69) is 10.0 Å². The molecule has 0 bridgehead atoms. The molecule has 2 N–H and O–H groups in total. The number of hydrogen-bond donors (Lipinski definition) is 2. The molecule has 0 saturated heterocycles. The summed E-state index contributed by atoms with van der Waals surface area (Å²) in [5, 5.41) is 3.06. The Hall–Kier alpha value is -3.23. The van der Waals surface area contributed by atoms with E-state index in [1.165, 1.54) is 31.4 Å². The summed E-state index contributed by atoms with van der Waals surface area (Å²) in [4.78, 5) is 12.1. The summed E-state index contributed by atoms with van der Waals surface area (Å²) in [6.07, 6.45) is 0. The molecule has 156 valence electrons. The van der Waals surface area contributed by atoms with Crippen LogP contribution in [0.5, 0.6) is 11.5 Å². The minimum absolute atomic E-state index is 0.0539. The van der Waals surface area contributed by atoms with Crippen molar-refractivity contribution >= 4 is 38.9 Å². The minimum Gasteiger partial charge on any atom is -0.497 e. The maximum atomic E-state index is 12.5. The lowest BCUT2D eigenvalue weighted by molar-refractivity contribution is -0.118. The van der Waals surface area contributed by atoms with E-state index in [0.717, 1.165) is 0 Å². The molecule has 3 aromatic rings. The smallest absolute Gasteiger partial charge is 0.262 e. The Labute approximate surface area is 179 Å². The number of amides is 1. The molecular weight excluding hydrogens is 428 g/mol. The van der Waals surface area contributed by atoms with Crippen molar-refractivity contribution in [3.8, 4) is 11.5 Å². The highest BCUT2D eigenvalue weighted by Gasteiger charge is 2.15. The summed E-state index contributed by atoms with van der Waals surface area (Å²) < 4.78 is 38.1. The zero-order chi connectivity index (χ0) is 21.6. The topological polar surface area (TPSA) is 93.7 Å². The highest BCUT2D eigenvalue weighted by molar-refractivity contribution is 7.92. The van der Waals surface area contributed by atoms with Crippen LogP contribution in [0.3, 0.4) is 0 Å². The second kappa shape index (κ2) is 9.51. The number of carbonyl (C=O) groups is 1. The van der Waals surface area contributed by atoms with Crippen LogP contribution in [-0.4, -0.2) is 28.0 Å². The van der Waals surface area contributed by atoms with Gasteiger partial charge in [0.05, 0.1) is 28.4 Å². The van der Waals surface area contributed by atoms with Gasteiger partial charge in [-0.15, -0.1) is 0 Å². The van der Waals surface area contributed by atoms with E-state index < -0.39 is 10.0 Å². The number of ether oxygens (including phenoxy) is 2. The number of anilines is 2. The van der Waals surface area contributed by atoms with E-state index in [1.807, 2.05) is 0 Å². The highest BCUT2D eigenvalue weighted by atomic mass is 35.5. The van der Waals surface area contributed by atoms with Gasteiger partial charge < -0.3 is 14.8 Å². The number of nitrogens with one attached hydrogen (secondary N) is 2. The third-order valence-corrected chi connectivity index (χ3v) is 5.70. The van der Waals surface area contributed by atoms with Crippen LogP contribution in [0, 0.1) is 0 Å². The van der Waals surface area contributed by atoms with Crippen LogP contribution in [0.1, 0.15) is 0 Å². The molecule has 0 atom stereocenters. The van der Waals surface area contributed by atoms with Gasteiger partial charge in [0.1, 0.15) is 11.5 Å². The fourth-order valence-electron chi connectivity index (χ4n) is 2.51.